The second-order valence-electron chi connectivity index (χ2n) is 8.08. The van der Waals surface area contributed by atoms with E-state index in [1.807, 2.05) is 38.1 Å². The summed E-state index contributed by atoms with van der Waals surface area (Å²) in [4.78, 5) is 43.4. The van der Waals surface area contributed by atoms with Gasteiger partial charge in [-0.3, -0.25) is 19.0 Å². The van der Waals surface area contributed by atoms with Crippen molar-refractivity contribution < 1.29 is 14.3 Å². The third-order valence-electron chi connectivity index (χ3n) is 5.49. The molecule has 0 bridgehead atoms. The molecule has 0 radical (unpaired) electrons. The number of aromatic nitrogens is 2. The number of H-pyrrole nitrogens is 1. The van der Waals surface area contributed by atoms with Crippen LogP contribution in [0.15, 0.2) is 47.3 Å². The molecule has 0 aliphatic carbocycles. The van der Waals surface area contributed by atoms with E-state index in [1.54, 1.807) is 25.3 Å². The number of nitrogens with zero attached hydrogens (tertiary/aromatic N) is 2. The summed E-state index contributed by atoms with van der Waals surface area (Å²) in [6.07, 6.45) is 1.36. The molecule has 0 aliphatic heterocycles. The van der Waals surface area contributed by atoms with Gasteiger partial charge in [-0.15, -0.1) is 0 Å². The number of para-hydroxylation sites is 1. The number of fused-ring (bicyclic) bond motifs is 1. The number of aromatic amines is 1. The van der Waals surface area contributed by atoms with Gasteiger partial charge in [0.1, 0.15) is 6.54 Å². The van der Waals surface area contributed by atoms with Gasteiger partial charge in [-0.25, -0.2) is 0 Å². The van der Waals surface area contributed by atoms with Crippen LogP contribution in [0.4, 0.5) is 5.69 Å². The maximum absolute atomic E-state index is 13.3. The number of ether oxygens (including phenoxy) is 1. The summed E-state index contributed by atoms with van der Waals surface area (Å²) in [5.74, 6) is -0.553. The third-order valence-corrected chi connectivity index (χ3v) is 5.82. The summed E-state index contributed by atoms with van der Waals surface area (Å²) in [6.45, 7) is 5.18. The van der Waals surface area contributed by atoms with Crippen LogP contribution in [0.25, 0.3) is 10.9 Å². The van der Waals surface area contributed by atoms with Crippen LogP contribution in [0, 0.1) is 11.7 Å². The van der Waals surface area contributed by atoms with Crippen LogP contribution in [-0.2, 0) is 16.1 Å². The molecule has 0 saturated heterocycles. The van der Waals surface area contributed by atoms with E-state index in [4.69, 9.17) is 17.0 Å². The standard InChI is InChI=1S/C25H30N4O4S/c1-4-12-28(16-22(30)26-20-9-6-5-8-17(20)2)23(31)18-10-11-19-21(15-18)27-25(34)29(24(19)32)13-7-14-33-3/h5-6,8-11,15H,4,7,12-14,16H2,1-3H3,(H,26,30)(H,27,34). The number of methoxy groups -OCH3 is 1. The minimum absolute atomic E-state index is 0.0733. The van der Waals surface area contributed by atoms with E-state index in [0.717, 1.165) is 11.3 Å². The van der Waals surface area contributed by atoms with Gasteiger partial charge in [-0.05, 0) is 61.8 Å². The molecule has 2 aromatic carbocycles. The van der Waals surface area contributed by atoms with Gasteiger partial charge in [-0.2, -0.15) is 0 Å². The average Bonchev–Trinajstić information content (AvgIpc) is 2.81. The largest absolute Gasteiger partial charge is 0.385 e. The summed E-state index contributed by atoms with van der Waals surface area (Å²) in [7, 11) is 1.61. The van der Waals surface area contributed by atoms with Crippen molar-refractivity contribution in [1.82, 2.24) is 14.5 Å². The Morgan fingerprint density at radius 2 is 1.97 bits per heavy atom. The quantitative estimate of drug-likeness (QED) is 0.338. The molecule has 1 heterocycles. The van der Waals surface area contributed by atoms with Crippen molar-refractivity contribution in [1.29, 1.82) is 0 Å². The number of carbonyl (C=O) groups excluding carboxylic acids is 2. The van der Waals surface area contributed by atoms with Crippen LogP contribution in [0.1, 0.15) is 35.7 Å². The molecule has 2 N–H and O–H groups in total. The highest BCUT2D eigenvalue weighted by atomic mass is 32.1. The van der Waals surface area contributed by atoms with Crippen LogP contribution >= 0.6 is 12.2 Å². The Hall–Kier alpha value is -3.30. The summed E-state index contributed by atoms with van der Waals surface area (Å²) in [5.41, 5.74) is 2.33. The van der Waals surface area contributed by atoms with Gasteiger partial charge >= 0.3 is 0 Å². The van der Waals surface area contributed by atoms with Crippen LogP contribution in [0.3, 0.4) is 0 Å². The highest BCUT2D eigenvalue weighted by Crippen LogP contribution is 2.15. The molecule has 0 atom stereocenters. The lowest BCUT2D eigenvalue weighted by Gasteiger charge is -2.22. The van der Waals surface area contributed by atoms with Crippen molar-refractivity contribution in [2.45, 2.75) is 33.2 Å². The number of aryl methyl sites for hydroxylation is 1. The molecule has 3 aromatic rings. The number of nitrogens with one attached hydrogen (secondary N) is 2. The molecule has 1 aromatic heterocycles. The Morgan fingerprint density at radius 3 is 2.68 bits per heavy atom. The fourth-order valence-corrected chi connectivity index (χ4v) is 4.02. The van der Waals surface area contributed by atoms with Gasteiger partial charge in [0.25, 0.3) is 11.5 Å². The highest BCUT2D eigenvalue weighted by Gasteiger charge is 2.20. The van der Waals surface area contributed by atoms with Crippen molar-refractivity contribution in [3.8, 4) is 0 Å². The Morgan fingerprint density at radius 1 is 1.21 bits per heavy atom. The first-order valence-electron chi connectivity index (χ1n) is 11.3. The average molecular weight is 483 g/mol. The first-order valence-corrected chi connectivity index (χ1v) is 11.7. The van der Waals surface area contributed by atoms with Gasteiger partial charge in [0, 0.05) is 38.1 Å². The van der Waals surface area contributed by atoms with Crippen molar-refractivity contribution in [2.24, 2.45) is 0 Å². The Bertz CT molecular complexity index is 1300. The molecule has 180 valence electrons. The van der Waals surface area contributed by atoms with Gasteiger partial charge in [0.05, 0.1) is 10.9 Å². The number of amides is 2. The van der Waals surface area contributed by atoms with Gasteiger partial charge in [0.15, 0.2) is 4.77 Å². The van der Waals surface area contributed by atoms with Gasteiger partial charge < -0.3 is 19.9 Å². The van der Waals surface area contributed by atoms with E-state index >= 15 is 0 Å². The van der Waals surface area contributed by atoms with Crippen molar-refractivity contribution in [3.05, 3.63) is 68.7 Å². The first kappa shape index (κ1) is 25.3. The Balaban J connectivity index is 1.83. The second-order valence-corrected chi connectivity index (χ2v) is 8.47. The molecule has 0 spiro atoms. The minimum Gasteiger partial charge on any atom is -0.385 e. The van der Waals surface area contributed by atoms with E-state index in [-0.39, 0.29) is 23.9 Å². The van der Waals surface area contributed by atoms with Crippen LogP contribution in [0.2, 0.25) is 0 Å². The molecule has 0 fully saturated rings. The summed E-state index contributed by atoms with van der Waals surface area (Å²) in [5, 5.41) is 3.32. The lowest BCUT2D eigenvalue weighted by Crippen LogP contribution is -2.38. The number of carbonyl (C=O) groups is 2. The zero-order valence-electron chi connectivity index (χ0n) is 19.7. The van der Waals surface area contributed by atoms with Gasteiger partial charge in [0.2, 0.25) is 5.91 Å². The molecule has 8 nitrogen and oxygen atoms in total. The van der Waals surface area contributed by atoms with Crippen molar-refractivity contribution >= 4 is 40.6 Å². The molecule has 9 heteroatoms. The lowest BCUT2D eigenvalue weighted by molar-refractivity contribution is -0.116. The summed E-state index contributed by atoms with van der Waals surface area (Å²) >= 11 is 5.37. The smallest absolute Gasteiger partial charge is 0.262 e. The van der Waals surface area contributed by atoms with Crippen molar-refractivity contribution in [3.63, 3.8) is 0 Å². The molecular weight excluding hydrogens is 452 g/mol. The normalized spacial score (nSPS) is 10.9. The molecule has 2 amide bonds. The SMILES string of the molecule is CCCN(CC(=O)Nc1ccccc1C)C(=O)c1ccc2c(=O)n(CCCOC)c(=S)[nH]c2c1. The predicted octanol–water partition coefficient (Wildman–Crippen LogP) is 3.89. The topological polar surface area (TPSA) is 96.4 Å². The molecular formula is C25H30N4O4S. The monoisotopic (exact) mass is 482 g/mol. The van der Waals surface area contributed by atoms with E-state index in [2.05, 4.69) is 10.3 Å². The maximum atomic E-state index is 13.3. The molecule has 34 heavy (non-hydrogen) atoms. The number of rotatable bonds is 10. The predicted molar refractivity (Wildman–Crippen MR) is 136 cm³/mol. The second kappa shape index (κ2) is 11.7. The Labute approximate surface area is 203 Å². The fourth-order valence-electron chi connectivity index (χ4n) is 3.74. The Kier molecular flexibility index (Phi) is 8.72. The molecule has 3 rings (SSSR count). The van der Waals surface area contributed by atoms with Gasteiger partial charge in [-0.1, -0.05) is 25.1 Å². The number of anilines is 1. The zero-order valence-corrected chi connectivity index (χ0v) is 20.5. The van der Waals surface area contributed by atoms with E-state index in [9.17, 15) is 14.4 Å². The maximum Gasteiger partial charge on any atom is 0.262 e. The summed E-state index contributed by atoms with van der Waals surface area (Å²) < 4.78 is 6.84. The number of hydrogen-bond acceptors (Lipinski definition) is 5. The molecule has 0 aliphatic rings. The third kappa shape index (κ3) is 5.98. The van der Waals surface area contributed by atoms with E-state index < -0.39 is 0 Å². The highest BCUT2D eigenvalue weighted by molar-refractivity contribution is 7.71. The fraction of sp³-hybridized carbons (Fsp3) is 0.360. The van der Waals surface area contributed by atoms with Crippen molar-refractivity contribution in [2.75, 3.05) is 32.1 Å². The van der Waals surface area contributed by atoms with Crippen LogP contribution in [-0.4, -0.2) is 53.1 Å². The first-order chi connectivity index (χ1) is 16.3. The van der Waals surface area contributed by atoms with E-state index in [1.165, 1.54) is 9.47 Å². The summed E-state index contributed by atoms with van der Waals surface area (Å²) in [6, 6.07) is 12.3. The van der Waals surface area contributed by atoms with Crippen LogP contribution < -0.4 is 10.9 Å². The minimum atomic E-state index is -0.285. The van der Waals surface area contributed by atoms with Crippen LogP contribution in [0.5, 0.6) is 0 Å². The van der Waals surface area contributed by atoms with E-state index in [0.29, 0.717) is 53.8 Å². The lowest BCUT2D eigenvalue weighted by atomic mass is 10.1. The molecule has 0 saturated carbocycles. The molecule has 0 unspecified atom stereocenters. The number of benzene rings is 2. The number of hydrogen-bond donors (Lipinski definition) is 2. The zero-order chi connectivity index (χ0) is 24.7.